The van der Waals surface area contributed by atoms with E-state index >= 15 is 0 Å². The molecule has 2 saturated heterocycles. The Morgan fingerprint density at radius 1 is 0.933 bits per heavy atom. The van der Waals surface area contributed by atoms with Gasteiger partial charge in [0.1, 0.15) is 11.5 Å². The molecule has 0 bridgehead atoms. The van der Waals surface area contributed by atoms with Gasteiger partial charge in [-0.05, 0) is 25.0 Å². The van der Waals surface area contributed by atoms with E-state index in [9.17, 15) is 13.2 Å². The number of ether oxygens (including phenoxy) is 2. The largest absolute Gasteiger partial charge is 0.497 e. The van der Waals surface area contributed by atoms with Gasteiger partial charge >= 0.3 is 0 Å². The number of hydrogen-bond donors (Lipinski definition) is 1. The number of hydrogen-bond acceptors (Lipinski definition) is 6. The average molecular weight is 441 g/mol. The summed E-state index contributed by atoms with van der Waals surface area (Å²) in [6.45, 7) is 3.27. The molecule has 0 spiro atoms. The normalized spacial score (nSPS) is 19.8. The molecule has 0 unspecified atom stereocenters. The number of nitrogens with zero attached hydrogens (tertiary/aromatic N) is 3. The number of carbonyl (C=O) groups is 1. The summed E-state index contributed by atoms with van der Waals surface area (Å²) in [5, 5.41) is 2.86. The lowest BCUT2D eigenvalue weighted by atomic mass is 10.2. The molecular weight excluding hydrogens is 408 g/mol. The highest BCUT2D eigenvalue weighted by Gasteiger charge is 2.32. The van der Waals surface area contributed by atoms with Crippen LogP contribution in [0.4, 0.5) is 5.69 Å². The summed E-state index contributed by atoms with van der Waals surface area (Å²) in [7, 11) is -0.308. The predicted molar refractivity (Wildman–Crippen MR) is 115 cm³/mol. The second-order valence-electron chi connectivity index (χ2n) is 7.61. The van der Waals surface area contributed by atoms with Gasteiger partial charge in [0.25, 0.3) is 10.2 Å². The van der Waals surface area contributed by atoms with Gasteiger partial charge in [0, 0.05) is 45.3 Å². The molecule has 0 saturated carbocycles. The first-order valence-electron chi connectivity index (χ1n) is 10.4. The standard InChI is InChI=1S/C20H32N4O5S/c1-28-17-7-8-18(19(15-17)29-2)21-20(25)16-22-11-13-24(14-12-22)30(26,27)23-9-5-3-4-6-10-23/h7-8,15H,3-6,9-14,16H2,1-2H3,(H,21,25). The molecule has 10 heteroatoms. The number of benzene rings is 1. The monoisotopic (exact) mass is 440 g/mol. The van der Waals surface area contributed by atoms with Crippen LogP contribution in [0.5, 0.6) is 11.5 Å². The van der Waals surface area contributed by atoms with Crippen LogP contribution in [0, 0.1) is 0 Å². The zero-order valence-corrected chi connectivity index (χ0v) is 18.6. The molecule has 9 nitrogen and oxygen atoms in total. The Hall–Kier alpha value is -1.88. The van der Waals surface area contributed by atoms with Crippen molar-refractivity contribution in [2.24, 2.45) is 0 Å². The van der Waals surface area contributed by atoms with Crippen LogP contribution in [0.3, 0.4) is 0 Å². The summed E-state index contributed by atoms with van der Waals surface area (Å²) in [4.78, 5) is 14.5. The fraction of sp³-hybridized carbons (Fsp3) is 0.650. The molecule has 3 rings (SSSR count). The van der Waals surface area contributed by atoms with Crippen molar-refractivity contribution in [3.05, 3.63) is 18.2 Å². The highest BCUT2D eigenvalue weighted by Crippen LogP contribution is 2.29. The molecule has 0 aliphatic carbocycles. The Kier molecular flexibility index (Phi) is 7.93. The summed E-state index contributed by atoms with van der Waals surface area (Å²) in [6.07, 6.45) is 4.03. The Labute approximate surface area is 179 Å². The van der Waals surface area contributed by atoms with E-state index < -0.39 is 10.2 Å². The second kappa shape index (κ2) is 10.4. The molecule has 0 radical (unpaired) electrons. The molecule has 0 aromatic heterocycles. The van der Waals surface area contributed by atoms with E-state index in [0.29, 0.717) is 56.5 Å². The smallest absolute Gasteiger partial charge is 0.282 e. The predicted octanol–water partition coefficient (Wildman–Crippen LogP) is 1.38. The van der Waals surface area contributed by atoms with Crippen molar-refractivity contribution in [1.82, 2.24) is 13.5 Å². The molecule has 1 amide bonds. The van der Waals surface area contributed by atoms with Crippen LogP contribution in [0.1, 0.15) is 25.7 Å². The first kappa shape index (κ1) is 22.8. The summed E-state index contributed by atoms with van der Waals surface area (Å²) in [5.41, 5.74) is 0.575. The number of piperazine rings is 1. The topological polar surface area (TPSA) is 91.4 Å². The van der Waals surface area contributed by atoms with E-state index in [0.717, 1.165) is 25.7 Å². The number of nitrogens with one attached hydrogen (secondary N) is 1. The summed E-state index contributed by atoms with van der Waals surface area (Å²) < 4.78 is 39.5. The van der Waals surface area contributed by atoms with Gasteiger partial charge in [-0.25, -0.2) is 0 Å². The Morgan fingerprint density at radius 2 is 1.57 bits per heavy atom. The van der Waals surface area contributed by atoms with Gasteiger partial charge in [0.15, 0.2) is 0 Å². The lowest BCUT2D eigenvalue weighted by Crippen LogP contribution is -2.54. The Bertz CT molecular complexity index is 816. The molecule has 2 heterocycles. The molecule has 0 atom stereocenters. The van der Waals surface area contributed by atoms with Crippen molar-refractivity contribution in [3.8, 4) is 11.5 Å². The van der Waals surface area contributed by atoms with Crippen molar-refractivity contribution >= 4 is 21.8 Å². The van der Waals surface area contributed by atoms with Gasteiger partial charge in [0.05, 0.1) is 26.5 Å². The van der Waals surface area contributed by atoms with Crippen molar-refractivity contribution in [2.75, 3.05) is 65.3 Å². The SMILES string of the molecule is COc1ccc(NC(=O)CN2CCN(S(=O)(=O)N3CCCCCC3)CC2)c(OC)c1. The van der Waals surface area contributed by atoms with Crippen LogP contribution in [-0.2, 0) is 15.0 Å². The van der Waals surface area contributed by atoms with E-state index in [-0.39, 0.29) is 12.5 Å². The van der Waals surface area contributed by atoms with Gasteiger partial charge < -0.3 is 14.8 Å². The molecule has 168 valence electrons. The summed E-state index contributed by atoms with van der Waals surface area (Å²) >= 11 is 0. The number of methoxy groups -OCH3 is 2. The van der Waals surface area contributed by atoms with Crippen LogP contribution in [-0.4, -0.2) is 87.9 Å². The first-order chi connectivity index (χ1) is 14.4. The van der Waals surface area contributed by atoms with Gasteiger partial charge in [0.2, 0.25) is 5.91 Å². The number of anilines is 1. The third kappa shape index (κ3) is 5.63. The molecule has 1 aromatic carbocycles. The molecular formula is C20H32N4O5S. The lowest BCUT2D eigenvalue weighted by molar-refractivity contribution is -0.117. The third-order valence-corrected chi connectivity index (χ3v) is 7.63. The quantitative estimate of drug-likeness (QED) is 0.689. The molecule has 1 N–H and O–H groups in total. The number of amides is 1. The third-order valence-electron chi connectivity index (χ3n) is 5.60. The maximum absolute atomic E-state index is 12.9. The minimum Gasteiger partial charge on any atom is -0.497 e. The highest BCUT2D eigenvalue weighted by atomic mass is 32.2. The van der Waals surface area contributed by atoms with Crippen LogP contribution in [0.15, 0.2) is 18.2 Å². The molecule has 2 aliphatic heterocycles. The van der Waals surface area contributed by atoms with Crippen LogP contribution < -0.4 is 14.8 Å². The van der Waals surface area contributed by atoms with Gasteiger partial charge in [-0.15, -0.1) is 0 Å². The molecule has 30 heavy (non-hydrogen) atoms. The van der Waals surface area contributed by atoms with E-state index in [1.54, 1.807) is 33.9 Å². The van der Waals surface area contributed by atoms with Crippen LogP contribution in [0.2, 0.25) is 0 Å². The second-order valence-corrected chi connectivity index (χ2v) is 9.54. The lowest BCUT2D eigenvalue weighted by Gasteiger charge is -2.36. The maximum atomic E-state index is 12.9. The van der Waals surface area contributed by atoms with Crippen molar-refractivity contribution in [2.45, 2.75) is 25.7 Å². The maximum Gasteiger partial charge on any atom is 0.282 e. The highest BCUT2D eigenvalue weighted by molar-refractivity contribution is 7.86. The van der Waals surface area contributed by atoms with E-state index in [1.165, 1.54) is 7.11 Å². The average Bonchev–Trinajstić information content (AvgIpc) is 3.04. The van der Waals surface area contributed by atoms with Crippen molar-refractivity contribution in [1.29, 1.82) is 0 Å². The zero-order chi connectivity index (χ0) is 21.6. The van der Waals surface area contributed by atoms with Gasteiger partial charge in [-0.2, -0.15) is 17.0 Å². The Balaban J connectivity index is 1.51. The van der Waals surface area contributed by atoms with Crippen LogP contribution >= 0.6 is 0 Å². The zero-order valence-electron chi connectivity index (χ0n) is 17.8. The number of rotatable bonds is 7. The number of carbonyl (C=O) groups excluding carboxylic acids is 1. The summed E-state index contributed by atoms with van der Waals surface area (Å²) in [5.74, 6) is 1.00. The fourth-order valence-electron chi connectivity index (χ4n) is 3.85. The summed E-state index contributed by atoms with van der Waals surface area (Å²) in [6, 6.07) is 5.20. The minimum absolute atomic E-state index is 0.165. The Morgan fingerprint density at radius 3 is 2.17 bits per heavy atom. The molecule has 2 aliphatic rings. The van der Waals surface area contributed by atoms with E-state index in [2.05, 4.69) is 5.32 Å². The van der Waals surface area contributed by atoms with E-state index in [4.69, 9.17) is 9.47 Å². The molecule has 1 aromatic rings. The van der Waals surface area contributed by atoms with Crippen molar-refractivity contribution in [3.63, 3.8) is 0 Å². The minimum atomic E-state index is -3.41. The molecule has 2 fully saturated rings. The fourth-order valence-corrected chi connectivity index (χ4v) is 5.52. The van der Waals surface area contributed by atoms with Crippen LogP contribution in [0.25, 0.3) is 0 Å². The van der Waals surface area contributed by atoms with Gasteiger partial charge in [-0.1, -0.05) is 12.8 Å². The van der Waals surface area contributed by atoms with Gasteiger partial charge in [-0.3, -0.25) is 9.69 Å². The van der Waals surface area contributed by atoms with E-state index in [1.807, 2.05) is 4.90 Å². The van der Waals surface area contributed by atoms with Crippen molar-refractivity contribution < 1.29 is 22.7 Å². The first-order valence-corrected chi connectivity index (χ1v) is 11.8.